The average molecular weight is 247 g/mol. The Morgan fingerprint density at radius 3 is 2.61 bits per heavy atom. The lowest BCUT2D eigenvalue weighted by Crippen LogP contribution is -2.30. The maximum atomic E-state index is 5.90. The van der Waals surface area contributed by atoms with Crippen molar-refractivity contribution in [2.24, 2.45) is 0 Å². The molecule has 2 rings (SSSR count). The predicted octanol–water partition coefficient (Wildman–Crippen LogP) is 3.52. The van der Waals surface area contributed by atoms with Gasteiger partial charge in [-0.05, 0) is 56.4 Å². The smallest absolute Gasteiger partial charge is 0.122 e. The molecule has 0 bridgehead atoms. The molecule has 18 heavy (non-hydrogen) atoms. The second-order valence-corrected chi connectivity index (χ2v) is 5.49. The van der Waals surface area contributed by atoms with Gasteiger partial charge in [-0.2, -0.15) is 0 Å². The minimum absolute atomic E-state index is 0.731. The van der Waals surface area contributed by atoms with E-state index in [2.05, 4.69) is 38.2 Å². The van der Waals surface area contributed by atoms with Gasteiger partial charge in [-0.15, -0.1) is 0 Å². The van der Waals surface area contributed by atoms with Crippen molar-refractivity contribution in [2.45, 2.75) is 52.5 Å². The molecule has 1 aromatic carbocycles. The highest BCUT2D eigenvalue weighted by molar-refractivity contribution is 5.41. The SMILES string of the molecule is Cc1cc(C)c(C)c(OCCNC2CCCC2)c1. The molecule has 1 saturated carbocycles. The van der Waals surface area contributed by atoms with Gasteiger partial charge < -0.3 is 10.1 Å². The zero-order valence-corrected chi connectivity index (χ0v) is 11.9. The van der Waals surface area contributed by atoms with Gasteiger partial charge in [0.2, 0.25) is 0 Å². The van der Waals surface area contributed by atoms with Crippen molar-refractivity contribution < 1.29 is 4.74 Å². The first kappa shape index (κ1) is 13.4. The molecule has 0 saturated heterocycles. The average Bonchev–Trinajstić information content (AvgIpc) is 2.83. The quantitative estimate of drug-likeness (QED) is 0.804. The summed E-state index contributed by atoms with van der Waals surface area (Å²) in [5, 5.41) is 3.58. The van der Waals surface area contributed by atoms with Crippen molar-refractivity contribution in [3.8, 4) is 5.75 Å². The molecule has 1 aliphatic rings. The Balaban J connectivity index is 1.79. The van der Waals surface area contributed by atoms with E-state index in [9.17, 15) is 0 Å². The first-order valence-corrected chi connectivity index (χ1v) is 7.11. The number of ether oxygens (including phenoxy) is 1. The van der Waals surface area contributed by atoms with Gasteiger partial charge in [0.1, 0.15) is 12.4 Å². The maximum Gasteiger partial charge on any atom is 0.122 e. The third-order valence-corrected chi connectivity index (χ3v) is 3.91. The van der Waals surface area contributed by atoms with Crippen LogP contribution < -0.4 is 10.1 Å². The molecule has 0 amide bonds. The Labute approximate surface area is 111 Å². The first-order chi connectivity index (χ1) is 8.66. The standard InChI is InChI=1S/C16H25NO/c1-12-10-13(2)14(3)16(11-12)18-9-8-17-15-6-4-5-7-15/h10-11,15,17H,4-9H2,1-3H3. The molecule has 1 aromatic rings. The molecule has 0 spiro atoms. The maximum absolute atomic E-state index is 5.90. The lowest BCUT2D eigenvalue weighted by Gasteiger charge is -2.15. The summed E-state index contributed by atoms with van der Waals surface area (Å²) >= 11 is 0. The summed E-state index contributed by atoms with van der Waals surface area (Å²) in [6, 6.07) is 5.07. The van der Waals surface area contributed by atoms with Crippen molar-refractivity contribution in [3.63, 3.8) is 0 Å². The molecule has 0 heterocycles. The highest BCUT2D eigenvalue weighted by atomic mass is 16.5. The van der Waals surface area contributed by atoms with Crippen LogP contribution in [0.15, 0.2) is 12.1 Å². The minimum atomic E-state index is 0.731. The Bertz CT molecular complexity index is 394. The van der Waals surface area contributed by atoms with Crippen LogP contribution in [0.3, 0.4) is 0 Å². The van der Waals surface area contributed by atoms with Gasteiger partial charge in [0.15, 0.2) is 0 Å². The van der Waals surface area contributed by atoms with E-state index >= 15 is 0 Å². The summed E-state index contributed by atoms with van der Waals surface area (Å²) in [5.74, 6) is 1.04. The monoisotopic (exact) mass is 247 g/mol. The number of hydrogen-bond donors (Lipinski definition) is 1. The van der Waals surface area contributed by atoms with Crippen LogP contribution in [0, 0.1) is 20.8 Å². The van der Waals surface area contributed by atoms with Crippen LogP contribution in [0.5, 0.6) is 5.75 Å². The Morgan fingerprint density at radius 1 is 1.17 bits per heavy atom. The molecule has 100 valence electrons. The summed E-state index contributed by atoms with van der Waals surface area (Å²) in [5.41, 5.74) is 3.85. The van der Waals surface area contributed by atoms with Gasteiger partial charge >= 0.3 is 0 Å². The van der Waals surface area contributed by atoms with Crippen LogP contribution in [-0.2, 0) is 0 Å². The molecule has 1 N–H and O–H groups in total. The van der Waals surface area contributed by atoms with Crippen molar-refractivity contribution in [2.75, 3.05) is 13.2 Å². The topological polar surface area (TPSA) is 21.3 Å². The van der Waals surface area contributed by atoms with E-state index in [0.29, 0.717) is 0 Å². The van der Waals surface area contributed by atoms with Crippen LogP contribution in [0.1, 0.15) is 42.4 Å². The summed E-state index contributed by atoms with van der Waals surface area (Å²) in [6.45, 7) is 8.12. The molecule has 0 unspecified atom stereocenters. The number of aryl methyl sites for hydroxylation is 2. The van der Waals surface area contributed by atoms with E-state index in [1.807, 2.05) is 0 Å². The molecule has 0 radical (unpaired) electrons. The second-order valence-electron chi connectivity index (χ2n) is 5.49. The van der Waals surface area contributed by atoms with Gasteiger partial charge in [0, 0.05) is 12.6 Å². The van der Waals surface area contributed by atoms with Crippen LogP contribution in [-0.4, -0.2) is 19.2 Å². The van der Waals surface area contributed by atoms with E-state index in [0.717, 1.165) is 24.9 Å². The van der Waals surface area contributed by atoms with Crippen molar-refractivity contribution in [1.29, 1.82) is 0 Å². The molecule has 1 fully saturated rings. The van der Waals surface area contributed by atoms with Crippen LogP contribution >= 0.6 is 0 Å². The third-order valence-electron chi connectivity index (χ3n) is 3.91. The molecular weight excluding hydrogens is 222 g/mol. The van der Waals surface area contributed by atoms with Gasteiger partial charge in [-0.3, -0.25) is 0 Å². The Morgan fingerprint density at radius 2 is 1.89 bits per heavy atom. The minimum Gasteiger partial charge on any atom is -0.492 e. The molecular formula is C16H25NO. The highest BCUT2D eigenvalue weighted by Gasteiger charge is 2.13. The van der Waals surface area contributed by atoms with Crippen molar-refractivity contribution >= 4 is 0 Å². The lowest BCUT2D eigenvalue weighted by atomic mass is 10.1. The lowest BCUT2D eigenvalue weighted by molar-refractivity contribution is 0.303. The summed E-state index contributed by atoms with van der Waals surface area (Å²) in [4.78, 5) is 0. The van der Waals surface area contributed by atoms with Crippen LogP contribution in [0.25, 0.3) is 0 Å². The van der Waals surface area contributed by atoms with Crippen LogP contribution in [0.4, 0.5) is 0 Å². The fourth-order valence-electron chi connectivity index (χ4n) is 2.70. The van der Waals surface area contributed by atoms with Gasteiger partial charge in [0.25, 0.3) is 0 Å². The normalized spacial score (nSPS) is 16.2. The van der Waals surface area contributed by atoms with Crippen LogP contribution in [0.2, 0.25) is 0 Å². The van der Waals surface area contributed by atoms with Gasteiger partial charge in [0.05, 0.1) is 0 Å². The molecule has 1 aliphatic carbocycles. The largest absolute Gasteiger partial charge is 0.492 e. The molecule has 0 aliphatic heterocycles. The van der Waals surface area contributed by atoms with E-state index in [1.165, 1.54) is 42.4 Å². The summed E-state index contributed by atoms with van der Waals surface area (Å²) < 4.78 is 5.90. The zero-order valence-electron chi connectivity index (χ0n) is 11.9. The number of rotatable bonds is 5. The van der Waals surface area contributed by atoms with Gasteiger partial charge in [-0.25, -0.2) is 0 Å². The Kier molecular flexibility index (Phi) is 4.65. The van der Waals surface area contributed by atoms with E-state index < -0.39 is 0 Å². The van der Waals surface area contributed by atoms with E-state index in [4.69, 9.17) is 4.74 Å². The predicted molar refractivity (Wildman–Crippen MR) is 76.4 cm³/mol. The third kappa shape index (κ3) is 3.49. The number of hydrogen-bond acceptors (Lipinski definition) is 2. The Hall–Kier alpha value is -1.02. The molecule has 0 aromatic heterocycles. The van der Waals surface area contributed by atoms with Crippen molar-refractivity contribution in [3.05, 3.63) is 28.8 Å². The number of nitrogens with one attached hydrogen (secondary N) is 1. The fraction of sp³-hybridized carbons (Fsp3) is 0.625. The highest BCUT2D eigenvalue weighted by Crippen LogP contribution is 2.23. The zero-order chi connectivity index (χ0) is 13.0. The molecule has 2 heteroatoms. The molecule has 2 nitrogen and oxygen atoms in total. The fourth-order valence-corrected chi connectivity index (χ4v) is 2.70. The number of benzene rings is 1. The van der Waals surface area contributed by atoms with E-state index in [1.54, 1.807) is 0 Å². The van der Waals surface area contributed by atoms with E-state index in [-0.39, 0.29) is 0 Å². The molecule has 0 atom stereocenters. The van der Waals surface area contributed by atoms with Crippen molar-refractivity contribution in [1.82, 2.24) is 5.32 Å². The van der Waals surface area contributed by atoms with Gasteiger partial charge in [-0.1, -0.05) is 18.9 Å². The first-order valence-electron chi connectivity index (χ1n) is 7.11. The summed E-state index contributed by atoms with van der Waals surface area (Å²) in [7, 11) is 0. The second kappa shape index (κ2) is 6.24. The summed E-state index contributed by atoms with van der Waals surface area (Å²) in [6.07, 6.45) is 5.44.